The van der Waals surface area contributed by atoms with Crippen molar-refractivity contribution < 1.29 is 39.3 Å². The number of aryl methyl sites for hydroxylation is 2. The van der Waals surface area contributed by atoms with Crippen LogP contribution in [0.3, 0.4) is 0 Å². The zero-order valence-corrected chi connectivity index (χ0v) is 25.7. The maximum Gasteiger partial charge on any atom is 0.228 e. The fourth-order valence-corrected chi connectivity index (χ4v) is 7.68. The van der Waals surface area contributed by atoms with E-state index in [9.17, 15) is 34.2 Å². The maximum atomic E-state index is 12.0. The number of halogens is 1. The van der Waals surface area contributed by atoms with E-state index < -0.39 is 11.1 Å². The van der Waals surface area contributed by atoms with Crippen molar-refractivity contribution in [3.63, 3.8) is 0 Å². The van der Waals surface area contributed by atoms with Gasteiger partial charge in [0.2, 0.25) is 11.8 Å². The number of Topliss-reactive ketones (excluding diaryl/α,β-unsaturated/α-hetero) is 3. The van der Waals surface area contributed by atoms with Crippen LogP contribution in [0.25, 0.3) is 0 Å². The Morgan fingerprint density at radius 2 is 1.20 bits per heavy atom. The van der Waals surface area contributed by atoms with Gasteiger partial charge in [-0.2, -0.15) is 0 Å². The van der Waals surface area contributed by atoms with Gasteiger partial charge < -0.3 is 26.0 Å². The third kappa shape index (κ3) is 4.92. The molecule has 2 amide bonds. The van der Waals surface area contributed by atoms with Crippen molar-refractivity contribution in [3.8, 4) is 17.2 Å². The van der Waals surface area contributed by atoms with E-state index in [1.807, 2.05) is 0 Å². The van der Waals surface area contributed by atoms with E-state index in [0.29, 0.717) is 25.7 Å². The topological polar surface area (TPSA) is 170 Å². The fourth-order valence-electron chi connectivity index (χ4n) is 6.94. The van der Waals surface area contributed by atoms with Gasteiger partial charge in [-0.3, -0.25) is 24.0 Å². The molecule has 3 aromatic rings. The molecule has 2 spiro atoms. The molecule has 0 bridgehead atoms. The van der Waals surface area contributed by atoms with Gasteiger partial charge in [-0.15, -0.1) is 0 Å². The van der Waals surface area contributed by atoms with Gasteiger partial charge in [-0.1, -0.05) is 12.1 Å². The molecule has 5 N–H and O–H groups in total. The number of phenolic OH excluding ortho intramolecular Hbond substituents is 3. The standard InChI is InChI=1S/C12H10INO3.C12H11NO3.C9H8O2/c13-11-6-3-4-12(7(6)1-2-8(11)15)9(16)5-10(17)14-12;14-8-1-2-9-7(5-8)3-4-12(9)10(15)6-11(16)13-12;10-7-2-3-8-6(5-7)1-4-9(8)11/h1-2,15H,3-5H2,(H,14,17);1-2,5,14H,3-4,6H2,(H,13,16);2-3,5,10H,1,4H2. The molecule has 0 radical (unpaired) electrons. The van der Waals surface area contributed by atoms with E-state index >= 15 is 0 Å². The number of fused-ring (bicyclic) bond motifs is 5. The van der Waals surface area contributed by atoms with Crippen molar-refractivity contribution in [2.24, 2.45) is 0 Å². The molecule has 226 valence electrons. The quantitative estimate of drug-likeness (QED) is 0.175. The van der Waals surface area contributed by atoms with E-state index in [2.05, 4.69) is 33.2 Å². The van der Waals surface area contributed by atoms with E-state index in [4.69, 9.17) is 5.11 Å². The zero-order chi connectivity index (χ0) is 31.4. The summed E-state index contributed by atoms with van der Waals surface area (Å²) < 4.78 is 0.783. The third-order valence-electron chi connectivity index (χ3n) is 9.06. The number of carbonyl (C=O) groups excluding carboxylic acids is 5. The number of benzene rings is 3. The minimum atomic E-state index is -0.819. The van der Waals surface area contributed by atoms with Gasteiger partial charge in [-0.25, -0.2) is 0 Å². The van der Waals surface area contributed by atoms with Crippen molar-refractivity contribution in [2.45, 2.75) is 62.4 Å². The lowest BCUT2D eigenvalue weighted by Gasteiger charge is -2.23. The number of nitrogens with one attached hydrogen (secondary N) is 2. The average molecular weight is 709 g/mol. The van der Waals surface area contributed by atoms with Crippen LogP contribution in [0.4, 0.5) is 0 Å². The van der Waals surface area contributed by atoms with Crippen LogP contribution in [-0.4, -0.2) is 44.5 Å². The smallest absolute Gasteiger partial charge is 0.228 e. The monoisotopic (exact) mass is 708 g/mol. The number of amides is 2. The number of ketones is 3. The van der Waals surface area contributed by atoms with Crippen LogP contribution in [0.1, 0.15) is 70.3 Å². The van der Waals surface area contributed by atoms with Gasteiger partial charge in [0.15, 0.2) is 17.3 Å². The molecular formula is C33H29IN2O8. The molecule has 0 saturated carbocycles. The van der Waals surface area contributed by atoms with Crippen molar-refractivity contribution in [1.82, 2.24) is 10.6 Å². The summed E-state index contributed by atoms with van der Waals surface area (Å²) in [6, 6.07) is 13.2. The summed E-state index contributed by atoms with van der Waals surface area (Å²) in [7, 11) is 0. The Hall–Kier alpha value is -4.26. The Labute approximate surface area is 266 Å². The Morgan fingerprint density at radius 1 is 0.636 bits per heavy atom. The number of carbonyl (C=O) groups is 5. The normalized spacial score (nSPS) is 23.9. The molecule has 3 aliphatic carbocycles. The Kier molecular flexibility index (Phi) is 7.47. The van der Waals surface area contributed by atoms with Crippen LogP contribution >= 0.6 is 22.6 Å². The summed E-state index contributed by atoms with van der Waals surface area (Å²) in [5, 5.41) is 33.7. The third-order valence-corrected chi connectivity index (χ3v) is 10.3. The van der Waals surface area contributed by atoms with Gasteiger partial charge in [0.25, 0.3) is 0 Å². The predicted molar refractivity (Wildman–Crippen MR) is 165 cm³/mol. The van der Waals surface area contributed by atoms with Crippen molar-refractivity contribution in [3.05, 3.63) is 85.5 Å². The number of rotatable bonds is 0. The fraction of sp³-hybridized carbons (Fsp3) is 0.303. The van der Waals surface area contributed by atoms with Gasteiger partial charge >= 0.3 is 0 Å². The molecule has 2 unspecified atom stereocenters. The Morgan fingerprint density at radius 3 is 1.84 bits per heavy atom. The van der Waals surface area contributed by atoms with Gasteiger partial charge in [0.05, 0.1) is 16.4 Å². The molecule has 10 nitrogen and oxygen atoms in total. The second-order valence-electron chi connectivity index (χ2n) is 11.6. The second-order valence-corrected chi connectivity index (χ2v) is 12.7. The molecule has 5 aliphatic rings. The molecule has 2 saturated heterocycles. The molecule has 2 fully saturated rings. The lowest BCUT2D eigenvalue weighted by Crippen LogP contribution is -2.41. The number of phenols is 3. The van der Waals surface area contributed by atoms with Crippen LogP contribution in [0.2, 0.25) is 0 Å². The first-order chi connectivity index (χ1) is 20.9. The van der Waals surface area contributed by atoms with Crippen molar-refractivity contribution in [2.75, 3.05) is 0 Å². The highest BCUT2D eigenvalue weighted by Crippen LogP contribution is 2.45. The summed E-state index contributed by atoms with van der Waals surface area (Å²) in [6.07, 6.45) is 3.96. The van der Waals surface area contributed by atoms with Crippen molar-refractivity contribution in [1.29, 1.82) is 0 Å². The first kappa shape index (κ1) is 29.8. The molecular weight excluding hydrogens is 679 g/mol. The lowest BCUT2D eigenvalue weighted by atomic mass is 9.89. The van der Waals surface area contributed by atoms with Gasteiger partial charge in [-0.05, 0) is 119 Å². The van der Waals surface area contributed by atoms with Crippen LogP contribution in [0.5, 0.6) is 17.2 Å². The molecule has 11 heteroatoms. The van der Waals surface area contributed by atoms with Crippen LogP contribution in [0.15, 0.2) is 48.5 Å². The lowest BCUT2D eigenvalue weighted by molar-refractivity contribution is -0.124. The summed E-state index contributed by atoms with van der Waals surface area (Å²) in [4.78, 5) is 57.7. The van der Waals surface area contributed by atoms with E-state index in [0.717, 1.165) is 49.8 Å². The minimum Gasteiger partial charge on any atom is -0.508 e. The first-order valence-corrected chi connectivity index (χ1v) is 15.4. The first-order valence-electron chi connectivity index (χ1n) is 14.3. The molecule has 2 heterocycles. The molecule has 8 rings (SSSR count). The largest absolute Gasteiger partial charge is 0.508 e. The summed E-state index contributed by atoms with van der Waals surface area (Å²) >= 11 is 2.08. The Bertz CT molecular complexity index is 1790. The molecule has 0 aromatic heterocycles. The van der Waals surface area contributed by atoms with Gasteiger partial charge in [0, 0.05) is 12.0 Å². The average Bonchev–Trinajstić information content (AvgIpc) is 3.76. The maximum absolute atomic E-state index is 12.0. The molecule has 44 heavy (non-hydrogen) atoms. The second kappa shape index (κ2) is 11.0. The van der Waals surface area contributed by atoms with Crippen LogP contribution in [0, 0.1) is 3.57 Å². The Balaban J connectivity index is 0.000000120. The van der Waals surface area contributed by atoms with Gasteiger partial charge in [0.1, 0.15) is 28.3 Å². The van der Waals surface area contributed by atoms with E-state index in [1.54, 1.807) is 48.5 Å². The zero-order valence-electron chi connectivity index (χ0n) is 23.5. The number of hydrogen-bond acceptors (Lipinski definition) is 8. The van der Waals surface area contributed by atoms with Crippen LogP contribution < -0.4 is 10.6 Å². The number of aromatic hydroxyl groups is 3. The molecule has 2 atom stereocenters. The highest BCUT2D eigenvalue weighted by Gasteiger charge is 2.52. The molecule has 2 aliphatic heterocycles. The number of hydrogen-bond donors (Lipinski definition) is 5. The van der Waals surface area contributed by atoms with Crippen molar-refractivity contribution >= 4 is 51.8 Å². The summed E-state index contributed by atoms with van der Waals surface area (Å²) in [6.45, 7) is 0. The summed E-state index contributed by atoms with van der Waals surface area (Å²) in [5.41, 5.74) is 3.78. The minimum absolute atomic E-state index is 0.0275. The summed E-state index contributed by atoms with van der Waals surface area (Å²) in [5.74, 6) is 0.366. The highest BCUT2D eigenvalue weighted by molar-refractivity contribution is 14.1. The molecule has 3 aromatic carbocycles. The van der Waals surface area contributed by atoms with E-state index in [-0.39, 0.29) is 59.3 Å². The SMILES string of the molecule is O=C1CC(=O)C2(CCc3c2ccc(O)c3I)N1.O=C1CC(=O)C2(CCc3cc(O)ccc32)N1.O=C1CCc2cc(O)ccc21. The van der Waals surface area contributed by atoms with Crippen LogP contribution in [-0.2, 0) is 49.5 Å². The highest BCUT2D eigenvalue weighted by atomic mass is 127. The predicted octanol–water partition coefficient (Wildman–Crippen LogP) is 3.37. The van der Waals surface area contributed by atoms with E-state index in [1.165, 1.54) is 0 Å².